The summed E-state index contributed by atoms with van der Waals surface area (Å²) < 4.78 is 31.1. The molecule has 0 aromatic carbocycles. The first-order chi connectivity index (χ1) is 7.53. The summed E-state index contributed by atoms with van der Waals surface area (Å²) in [6.07, 6.45) is 3.92. The van der Waals surface area contributed by atoms with Crippen LogP contribution in [0, 0.1) is 0 Å². The molecule has 0 saturated heterocycles. The predicted octanol–water partition coefficient (Wildman–Crippen LogP) is 1.65. The van der Waals surface area contributed by atoms with E-state index in [1.54, 1.807) is 0 Å². The molecule has 0 aromatic heterocycles. The Morgan fingerprint density at radius 2 is 1.94 bits per heavy atom. The van der Waals surface area contributed by atoms with Gasteiger partial charge < -0.3 is 4.74 Å². The van der Waals surface area contributed by atoms with Gasteiger partial charge in [-0.15, -0.1) is 0 Å². The monoisotopic (exact) mass is 313 g/mol. The van der Waals surface area contributed by atoms with Crippen molar-refractivity contribution in [3.8, 4) is 0 Å². The number of sulfonamides is 1. The summed E-state index contributed by atoms with van der Waals surface area (Å²) >= 11 is 3.55. The van der Waals surface area contributed by atoms with Gasteiger partial charge in [-0.25, -0.2) is 13.1 Å². The second-order valence-corrected chi connectivity index (χ2v) is 7.25. The standard InChI is InChI=1S/C10H20BrNO3S/c1-2-15-7-8-16(13,14)12-10-5-3-9(11)4-6-10/h9-10,12H,2-8H2,1H3. The van der Waals surface area contributed by atoms with Gasteiger partial charge in [-0.3, -0.25) is 0 Å². The fourth-order valence-corrected chi connectivity index (χ4v) is 3.52. The molecule has 1 aliphatic rings. The molecule has 6 heteroatoms. The van der Waals surface area contributed by atoms with Gasteiger partial charge in [-0.05, 0) is 32.6 Å². The van der Waals surface area contributed by atoms with Gasteiger partial charge in [-0.2, -0.15) is 0 Å². The van der Waals surface area contributed by atoms with E-state index in [4.69, 9.17) is 4.74 Å². The van der Waals surface area contributed by atoms with Crippen LogP contribution in [-0.2, 0) is 14.8 Å². The van der Waals surface area contributed by atoms with E-state index < -0.39 is 10.0 Å². The van der Waals surface area contributed by atoms with E-state index in [1.165, 1.54) is 0 Å². The van der Waals surface area contributed by atoms with Crippen LogP contribution in [0.1, 0.15) is 32.6 Å². The van der Waals surface area contributed by atoms with Crippen LogP contribution < -0.4 is 4.72 Å². The van der Waals surface area contributed by atoms with E-state index in [1.807, 2.05) is 6.92 Å². The number of alkyl halides is 1. The molecule has 96 valence electrons. The number of hydrogen-bond acceptors (Lipinski definition) is 3. The van der Waals surface area contributed by atoms with E-state index in [-0.39, 0.29) is 18.4 Å². The molecule has 0 spiro atoms. The van der Waals surface area contributed by atoms with Crippen molar-refractivity contribution in [2.75, 3.05) is 19.0 Å². The maximum Gasteiger partial charge on any atom is 0.214 e. The highest BCUT2D eigenvalue weighted by Gasteiger charge is 2.23. The Morgan fingerprint density at radius 1 is 1.31 bits per heavy atom. The first-order valence-corrected chi connectivity index (χ1v) is 8.32. The van der Waals surface area contributed by atoms with Gasteiger partial charge in [0.15, 0.2) is 0 Å². The van der Waals surface area contributed by atoms with Gasteiger partial charge in [0.25, 0.3) is 0 Å². The van der Waals surface area contributed by atoms with Gasteiger partial charge >= 0.3 is 0 Å². The van der Waals surface area contributed by atoms with Crippen molar-refractivity contribution < 1.29 is 13.2 Å². The van der Waals surface area contributed by atoms with Crippen LogP contribution in [0.4, 0.5) is 0 Å². The second-order valence-electron chi connectivity index (χ2n) is 4.08. The third kappa shape index (κ3) is 5.61. The molecule has 0 heterocycles. The Morgan fingerprint density at radius 3 is 2.50 bits per heavy atom. The number of halogens is 1. The first-order valence-electron chi connectivity index (χ1n) is 5.75. The molecule has 0 amide bonds. The van der Waals surface area contributed by atoms with E-state index in [9.17, 15) is 8.42 Å². The molecule has 0 bridgehead atoms. The van der Waals surface area contributed by atoms with Crippen molar-refractivity contribution in [3.05, 3.63) is 0 Å². The van der Waals surface area contributed by atoms with Crippen molar-refractivity contribution in [2.24, 2.45) is 0 Å². The van der Waals surface area contributed by atoms with Crippen LogP contribution in [0.3, 0.4) is 0 Å². The van der Waals surface area contributed by atoms with Crippen LogP contribution in [0.25, 0.3) is 0 Å². The third-order valence-electron chi connectivity index (χ3n) is 2.70. The van der Waals surface area contributed by atoms with Crippen LogP contribution in [0.2, 0.25) is 0 Å². The lowest BCUT2D eigenvalue weighted by Crippen LogP contribution is -2.39. The first kappa shape index (κ1) is 14.4. The topological polar surface area (TPSA) is 55.4 Å². The summed E-state index contributed by atoms with van der Waals surface area (Å²) in [5, 5.41) is 0. The normalized spacial score (nSPS) is 26.9. The molecule has 0 unspecified atom stereocenters. The summed E-state index contributed by atoms with van der Waals surface area (Å²) in [5.74, 6) is 0.0646. The molecule has 1 saturated carbocycles. The lowest BCUT2D eigenvalue weighted by Gasteiger charge is -2.25. The molecule has 1 rings (SSSR count). The van der Waals surface area contributed by atoms with E-state index in [0.717, 1.165) is 25.7 Å². The third-order valence-corrected chi connectivity index (χ3v) is 5.02. The lowest BCUT2D eigenvalue weighted by atomic mass is 9.96. The Hall–Kier alpha value is 0.350. The van der Waals surface area contributed by atoms with Crippen molar-refractivity contribution >= 4 is 26.0 Å². The van der Waals surface area contributed by atoms with Gasteiger partial charge in [0.1, 0.15) is 0 Å². The van der Waals surface area contributed by atoms with E-state index in [2.05, 4.69) is 20.7 Å². The Bertz CT molecular complexity index is 286. The number of hydrogen-bond donors (Lipinski definition) is 1. The number of ether oxygens (including phenoxy) is 1. The minimum absolute atomic E-state index is 0.0646. The summed E-state index contributed by atoms with van der Waals surface area (Å²) in [6.45, 7) is 2.70. The van der Waals surface area contributed by atoms with Crippen LogP contribution in [-0.4, -0.2) is 38.3 Å². The summed E-state index contributed by atoms with van der Waals surface area (Å²) in [4.78, 5) is 0.552. The minimum atomic E-state index is -3.16. The predicted molar refractivity (Wildman–Crippen MR) is 68.4 cm³/mol. The largest absolute Gasteiger partial charge is 0.381 e. The maximum absolute atomic E-state index is 11.7. The fraction of sp³-hybridized carbons (Fsp3) is 1.00. The van der Waals surface area contributed by atoms with Crippen LogP contribution in [0.15, 0.2) is 0 Å². The molecular weight excluding hydrogens is 294 g/mol. The summed E-state index contributed by atoms with van der Waals surface area (Å²) in [5.41, 5.74) is 0. The number of rotatable bonds is 6. The van der Waals surface area contributed by atoms with E-state index >= 15 is 0 Å². The molecule has 1 aliphatic carbocycles. The van der Waals surface area contributed by atoms with Gasteiger partial charge in [0, 0.05) is 17.5 Å². The molecule has 4 nitrogen and oxygen atoms in total. The van der Waals surface area contributed by atoms with Crippen LogP contribution >= 0.6 is 15.9 Å². The van der Waals surface area contributed by atoms with Crippen molar-refractivity contribution in [2.45, 2.75) is 43.5 Å². The summed E-state index contributed by atoms with van der Waals surface area (Å²) in [7, 11) is -3.16. The van der Waals surface area contributed by atoms with Gasteiger partial charge in [-0.1, -0.05) is 15.9 Å². The summed E-state index contributed by atoms with van der Waals surface area (Å²) in [6, 6.07) is 0.112. The van der Waals surface area contributed by atoms with Crippen molar-refractivity contribution in [3.63, 3.8) is 0 Å². The van der Waals surface area contributed by atoms with Gasteiger partial charge in [0.05, 0.1) is 12.4 Å². The Kier molecular flexibility index (Phi) is 6.25. The quantitative estimate of drug-likeness (QED) is 0.599. The second kappa shape index (κ2) is 6.93. The minimum Gasteiger partial charge on any atom is -0.381 e. The molecule has 0 atom stereocenters. The molecular formula is C10H20BrNO3S. The molecule has 1 N–H and O–H groups in total. The molecule has 0 aliphatic heterocycles. The zero-order valence-corrected chi connectivity index (χ0v) is 12.0. The highest BCUT2D eigenvalue weighted by atomic mass is 79.9. The van der Waals surface area contributed by atoms with Crippen molar-refractivity contribution in [1.82, 2.24) is 4.72 Å². The van der Waals surface area contributed by atoms with Gasteiger partial charge in [0.2, 0.25) is 10.0 Å². The SMILES string of the molecule is CCOCCS(=O)(=O)NC1CCC(Br)CC1. The highest BCUT2D eigenvalue weighted by Crippen LogP contribution is 2.24. The molecule has 0 aromatic rings. The molecule has 0 radical (unpaired) electrons. The average Bonchev–Trinajstić information content (AvgIpc) is 2.21. The highest BCUT2D eigenvalue weighted by molar-refractivity contribution is 9.09. The average molecular weight is 314 g/mol. The fourth-order valence-electron chi connectivity index (χ4n) is 1.80. The zero-order chi connectivity index (χ0) is 12.0. The zero-order valence-electron chi connectivity index (χ0n) is 9.62. The smallest absolute Gasteiger partial charge is 0.214 e. The number of nitrogens with one attached hydrogen (secondary N) is 1. The van der Waals surface area contributed by atoms with E-state index in [0.29, 0.717) is 11.4 Å². The van der Waals surface area contributed by atoms with Crippen LogP contribution in [0.5, 0.6) is 0 Å². The maximum atomic E-state index is 11.7. The lowest BCUT2D eigenvalue weighted by molar-refractivity contribution is 0.163. The molecule has 16 heavy (non-hydrogen) atoms. The Balaban J connectivity index is 2.29. The Labute approximate surface area is 106 Å². The van der Waals surface area contributed by atoms with Crippen molar-refractivity contribution in [1.29, 1.82) is 0 Å². The molecule has 1 fully saturated rings.